The first-order chi connectivity index (χ1) is 17.7. The first kappa shape index (κ1) is 26.6. The van der Waals surface area contributed by atoms with Gasteiger partial charge in [-0.2, -0.15) is 5.26 Å². The van der Waals surface area contributed by atoms with Gasteiger partial charge in [0, 0.05) is 49.3 Å². The number of hydrogen-bond donors (Lipinski definition) is 2. The van der Waals surface area contributed by atoms with Crippen molar-refractivity contribution in [1.29, 1.82) is 5.26 Å². The summed E-state index contributed by atoms with van der Waals surface area (Å²) >= 11 is 0. The van der Waals surface area contributed by atoms with Gasteiger partial charge in [-0.1, -0.05) is 39.0 Å². The molecule has 9 heteroatoms. The number of anilines is 1. The lowest BCUT2D eigenvalue weighted by Gasteiger charge is -2.35. The number of aliphatic hydroxyl groups is 1. The Balaban J connectivity index is 1.78. The van der Waals surface area contributed by atoms with Crippen LogP contribution in [-0.4, -0.2) is 64.8 Å². The van der Waals surface area contributed by atoms with Crippen LogP contribution in [0.5, 0.6) is 0 Å². The summed E-state index contributed by atoms with van der Waals surface area (Å²) in [4.78, 5) is 35.0. The number of aliphatic hydroxyl groups excluding tert-OH is 1. The molecule has 2 saturated heterocycles. The molecule has 3 heterocycles. The minimum absolute atomic E-state index is 0.0652. The van der Waals surface area contributed by atoms with E-state index in [0.717, 1.165) is 5.56 Å². The Labute approximate surface area is 218 Å². The van der Waals surface area contributed by atoms with Gasteiger partial charge in [0.15, 0.2) is 6.19 Å². The third kappa shape index (κ3) is 6.09. The zero-order valence-electron chi connectivity index (χ0n) is 21.6. The van der Waals surface area contributed by atoms with Crippen LogP contribution in [0.3, 0.4) is 0 Å². The first-order valence-corrected chi connectivity index (χ1v) is 12.7. The van der Waals surface area contributed by atoms with Gasteiger partial charge in [0.05, 0.1) is 12.6 Å². The van der Waals surface area contributed by atoms with Crippen molar-refractivity contribution < 1.29 is 19.4 Å². The van der Waals surface area contributed by atoms with Gasteiger partial charge >= 0.3 is 0 Å². The Bertz CT molecular complexity index is 1120. The van der Waals surface area contributed by atoms with E-state index in [1.54, 1.807) is 24.5 Å². The predicted octanol–water partition coefficient (Wildman–Crippen LogP) is 2.66. The second-order valence-electron chi connectivity index (χ2n) is 10.7. The molecule has 1 unspecified atom stereocenters. The number of likely N-dealkylation sites (tertiary alicyclic amines) is 1. The van der Waals surface area contributed by atoms with Crippen molar-refractivity contribution in [3.05, 3.63) is 59.9 Å². The molecule has 0 spiro atoms. The van der Waals surface area contributed by atoms with Crippen LogP contribution in [0.2, 0.25) is 0 Å². The molecule has 2 amide bonds. The van der Waals surface area contributed by atoms with Crippen molar-refractivity contribution in [3.63, 3.8) is 0 Å². The molecule has 196 valence electrons. The molecule has 4 rings (SSSR count). The Morgan fingerprint density at radius 3 is 2.51 bits per heavy atom. The Morgan fingerprint density at radius 1 is 1.22 bits per heavy atom. The molecule has 2 aliphatic heterocycles. The number of nitriles is 1. The fourth-order valence-electron chi connectivity index (χ4n) is 4.92. The summed E-state index contributed by atoms with van der Waals surface area (Å²) in [5.41, 5.74) is 2.09. The van der Waals surface area contributed by atoms with Crippen LogP contribution in [0.4, 0.5) is 5.69 Å². The lowest BCUT2D eigenvalue weighted by atomic mass is 9.87. The summed E-state index contributed by atoms with van der Waals surface area (Å²) in [6, 6.07) is 9.14. The van der Waals surface area contributed by atoms with Crippen LogP contribution in [0.25, 0.3) is 0 Å². The standard InChI is InChI=1S/C28H35N5O4/c1-28(2,3)20-6-8-22(9-7-20)33(27(36)24-15-23(34)17-32(24)18-29)25(19-5-4-12-30-16-19)26(35)31-21-10-13-37-14-11-21/h4-9,12,16,21,23-25,34H,10-11,13-15,17H2,1-3H3,(H,31,35)/t23-,24-,25?/m1/s1. The monoisotopic (exact) mass is 505 g/mol. The van der Waals surface area contributed by atoms with Gasteiger partial charge in [-0.05, 0) is 42.0 Å². The van der Waals surface area contributed by atoms with Crippen molar-refractivity contribution in [2.75, 3.05) is 24.7 Å². The molecule has 2 aromatic rings. The third-order valence-corrected chi connectivity index (χ3v) is 7.02. The highest BCUT2D eigenvalue weighted by atomic mass is 16.5. The minimum Gasteiger partial charge on any atom is -0.391 e. The Hall–Kier alpha value is -3.48. The maximum atomic E-state index is 14.2. The highest BCUT2D eigenvalue weighted by Gasteiger charge is 2.43. The van der Waals surface area contributed by atoms with Gasteiger partial charge in [0.2, 0.25) is 5.91 Å². The van der Waals surface area contributed by atoms with Gasteiger partial charge in [-0.15, -0.1) is 0 Å². The number of rotatable bonds is 6. The van der Waals surface area contributed by atoms with E-state index in [-0.39, 0.29) is 30.3 Å². The molecule has 0 aliphatic carbocycles. The second kappa shape index (κ2) is 11.3. The molecule has 0 saturated carbocycles. The van der Waals surface area contributed by atoms with E-state index in [9.17, 15) is 20.0 Å². The largest absolute Gasteiger partial charge is 0.391 e. The lowest BCUT2D eigenvalue weighted by molar-refractivity contribution is -0.129. The molecule has 0 bridgehead atoms. The summed E-state index contributed by atoms with van der Waals surface area (Å²) in [5, 5.41) is 23.0. The number of aromatic nitrogens is 1. The van der Waals surface area contributed by atoms with Crippen LogP contribution in [0.1, 0.15) is 57.2 Å². The lowest BCUT2D eigenvalue weighted by Crippen LogP contribution is -2.52. The van der Waals surface area contributed by atoms with Crippen LogP contribution in [0, 0.1) is 11.5 Å². The smallest absolute Gasteiger partial charge is 0.251 e. The zero-order valence-corrected chi connectivity index (χ0v) is 21.6. The van der Waals surface area contributed by atoms with Gasteiger partial charge in [0.1, 0.15) is 12.1 Å². The van der Waals surface area contributed by atoms with Crippen molar-refractivity contribution in [3.8, 4) is 6.19 Å². The maximum absolute atomic E-state index is 14.2. The van der Waals surface area contributed by atoms with E-state index in [0.29, 0.717) is 37.3 Å². The molecule has 1 aromatic carbocycles. The van der Waals surface area contributed by atoms with Crippen molar-refractivity contribution in [1.82, 2.24) is 15.2 Å². The zero-order chi connectivity index (χ0) is 26.6. The number of benzene rings is 1. The predicted molar refractivity (Wildman–Crippen MR) is 138 cm³/mol. The van der Waals surface area contributed by atoms with Gasteiger partial charge in [0.25, 0.3) is 5.91 Å². The van der Waals surface area contributed by atoms with E-state index in [2.05, 4.69) is 31.1 Å². The summed E-state index contributed by atoms with van der Waals surface area (Å²) in [6.07, 6.45) is 5.94. The average Bonchev–Trinajstić information content (AvgIpc) is 3.28. The highest BCUT2D eigenvalue weighted by Crippen LogP contribution is 2.33. The van der Waals surface area contributed by atoms with Gasteiger partial charge < -0.3 is 15.2 Å². The van der Waals surface area contributed by atoms with Crippen LogP contribution < -0.4 is 10.2 Å². The Kier molecular flexibility index (Phi) is 8.10. The summed E-state index contributed by atoms with van der Waals surface area (Å²) in [7, 11) is 0. The molecule has 2 N–H and O–H groups in total. The average molecular weight is 506 g/mol. The molecule has 3 atom stereocenters. The number of nitrogens with zero attached hydrogens (tertiary/aromatic N) is 4. The van der Waals surface area contributed by atoms with Crippen molar-refractivity contribution in [2.45, 2.75) is 69.7 Å². The Morgan fingerprint density at radius 2 is 1.92 bits per heavy atom. The summed E-state index contributed by atoms with van der Waals surface area (Å²) in [6.45, 7) is 7.53. The number of β-amino-alcohol motifs (C(OH)–C–C–N with tert-alkyl or cyclic N) is 1. The van der Waals surface area contributed by atoms with Crippen molar-refractivity contribution >= 4 is 17.5 Å². The fourth-order valence-corrected chi connectivity index (χ4v) is 4.92. The van der Waals surface area contributed by atoms with E-state index < -0.39 is 24.1 Å². The summed E-state index contributed by atoms with van der Waals surface area (Å²) < 4.78 is 5.44. The number of ether oxygens (including phenoxy) is 1. The van der Waals surface area contributed by atoms with Crippen LogP contribution in [-0.2, 0) is 19.7 Å². The SMILES string of the molecule is CC(C)(C)c1ccc(N(C(=O)[C@H]2C[C@@H](O)CN2C#N)C(C(=O)NC2CCOCC2)c2cccnc2)cc1. The molecular weight excluding hydrogens is 470 g/mol. The van der Waals surface area contributed by atoms with E-state index in [1.807, 2.05) is 30.5 Å². The highest BCUT2D eigenvalue weighted by molar-refractivity contribution is 6.04. The molecular formula is C28H35N5O4. The van der Waals surface area contributed by atoms with Crippen LogP contribution >= 0.6 is 0 Å². The number of nitrogens with one attached hydrogen (secondary N) is 1. The molecule has 0 radical (unpaired) electrons. The van der Waals surface area contributed by atoms with Gasteiger partial charge in [-0.3, -0.25) is 24.4 Å². The first-order valence-electron chi connectivity index (χ1n) is 12.7. The third-order valence-electron chi connectivity index (χ3n) is 7.02. The molecule has 2 aliphatic rings. The van der Waals surface area contributed by atoms with Gasteiger partial charge in [-0.25, -0.2) is 0 Å². The maximum Gasteiger partial charge on any atom is 0.251 e. The van der Waals surface area contributed by atoms with E-state index in [1.165, 1.54) is 9.80 Å². The number of amides is 2. The molecule has 1 aromatic heterocycles. The molecule has 9 nitrogen and oxygen atoms in total. The number of pyridine rings is 1. The topological polar surface area (TPSA) is 119 Å². The number of carbonyl (C=O) groups excluding carboxylic acids is 2. The van der Waals surface area contributed by atoms with E-state index in [4.69, 9.17) is 4.74 Å². The van der Waals surface area contributed by atoms with Crippen molar-refractivity contribution in [2.24, 2.45) is 0 Å². The normalized spacial score (nSPS) is 21.2. The number of hydrogen-bond acceptors (Lipinski definition) is 7. The van der Waals surface area contributed by atoms with E-state index >= 15 is 0 Å². The van der Waals surface area contributed by atoms with Crippen LogP contribution in [0.15, 0.2) is 48.8 Å². The second-order valence-corrected chi connectivity index (χ2v) is 10.7. The number of carbonyl (C=O) groups is 2. The minimum atomic E-state index is -1.01. The summed E-state index contributed by atoms with van der Waals surface area (Å²) in [5.74, 6) is -0.743. The molecule has 2 fully saturated rings. The fraction of sp³-hybridized carbons (Fsp3) is 0.500. The quantitative estimate of drug-likeness (QED) is 0.580. The molecule has 37 heavy (non-hydrogen) atoms.